The molecule has 0 saturated heterocycles. The van der Waals surface area contributed by atoms with Crippen LogP contribution in [-0.2, 0) is 11.0 Å². The molecule has 0 heterocycles. The first-order valence-electron chi connectivity index (χ1n) is 6.30. The lowest BCUT2D eigenvalue weighted by atomic mass is 10.2. The van der Waals surface area contributed by atoms with Gasteiger partial charge in [0, 0.05) is 15.6 Å². The third-order valence-electron chi connectivity index (χ3n) is 2.73. The van der Waals surface area contributed by atoms with Crippen LogP contribution in [-0.4, -0.2) is 11.7 Å². The number of halogens is 5. The number of alkyl halides is 3. The first-order chi connectivity index (χ1) is 10.8. The molecular weight excluding hydrogens is 370 g/mol. The molecule has 2 aromatic rings. The lowest BCUT2D eigenvalue weighted by molar-refractivity contribution is -0.137. The molecule has 122 valence electrons. The minimum absolute atomic E-state index is 0.00366. The fourth-order valence-electron chi connectivity index (χ4n) is 1.70. The second kappa shape index (κ2) is 7.47. The molecule has 23 heavy (non-hydrogen) atoms. The lowest BCUT2D eigenvalue weighted by Gasteiger charge is -2.10. The van der Waals surface area contributed by atoms with E-state index in [9.17, 15) is 18.0 Å². The van der Waals surface area contributed by atoms with Crippen LogP contribution in [0.5, 0.6) is 0 Å². The van der Waals surface area contributed by atoms with Gasteiger partial charge >= 0.3 is 6.18 Å². The van der Waals surface area contributed by atoms with Crippen LogP contribution in [0, 0.1) is 0 Å². The summed E-state index contributed by atoms with van der Waals surface area (Å²) < 4.78 is 37.8. The summed E-state index contributed by atoms with van der Waals surface area (Å²) in [5.41, 5.74) is -0.733. The highest BCUT2D eigenvalue weighted by Crippen LogP contribution is 2.31. The number of thioether (sulfide) groups is 1. The molecule has 0 bridgehead atoms. The number of anilines is 1. The van der Waals surface area contributed by atoms with Gasteiger partial charge in [0.15, 0.2) is 0 Å². The standard InChI is InChI=1S/C15H10Cl2F3NOS/c16-10-4-5-12(17)13(7-10)23-8-14(22)21-11-3-1-2-9(6-11)15(18,19)20/h1-7H,8H2,(H,21,22). The second-order valence-electron chi connectivity index (χ2n) is 4.49. The van der Waals surface area contributed by atoms with E-state index in [0.29, 0.717) is 14.9 Å². The first kappa shape index (κ1) is 18.0. The predicted octanol–water partition coefficient (Wildman–Crippen LogP) is 5.74. The number of rotatable bonds is 4. The Morgan fingerprint density at radius 2 is 1.87 bits per heavy atom. The van der Waals surface area contributed by atoms with E-state index in [2.05, 4.69) is 5.32 Å². The van der Waals surface area contributed by atoms with Gasteiger partial charge in [0.05, 0.1) is 16.3 Å². The zero-order chi connectivity index (χ0) is 17.0. The number of carbonyl (C=O) groups is 1. The Labute approximate surface area is 145 Å². The van der Waals surface area contributed by atoms with Gasteiger partial charge in [0.1, 0.15) is 0 Å². The highest BCUT2D eigenvalue weighted by molar-refractivity contribution is 8.00. The smallest absolute Gasteiger partial charge is 0.325 e. The molecule has 2 rings (SSSR count). The molecule has 2 nitrogen and oxygen atoms in total. The summed E-state index contributed by atoms with van der Waals surface area (Å²) in [6.45, 7) is 0. The maximum atomic E-state index is 12.6. The molecule has 0 spiro atoms. The maximum Gasteiger partial charge on any atom is 0.416 e. The van der Waals surface area contributed by atoms with E-state index >= 15 is 0 Å². The molecule has 0 radical (unpaired) electrons. The molecule has 0 aliphatic heterocycles. The van der Waals surface area contributed by atoms with E-state index in [1.165, 1.54) is 12.1 Å². The third kappa shape index (κ3) is 5.34. The summed E-state index contributed by atoms with van der Waals surface area (Å²) in [5.74, 6) is -0.443. The van der Waals surface area contributed by atoms with Gasteiger partial charge in [-0.05, 0) is 36.4 Å². The maximum absolute atomic E-state index is 12.6. The number of amides is 1. The van der Waals surface area contributed by atoms with Gasteiger partial charge in [-0.15, -0.1) is 11.8 Å². The molecule has 0 fully saturated rings. The Morgan fingerprint density at radius 1 is 1.13 bits per heavy atom. The molecular formula is C15H10Cl2F3NOS. The predicted molar refractivity (Wildman–Crippen MR) is 87.3 cm³/mol. The largest absolute Gasteiger partial charge is 0.416 e. The fraction of sp³-hybridized carbons (Fsp3) is 0.133. The number of benzene rings is 2. The van der Waals surface area contributed by atoms with Gasteiger partial charge in [-0.1, -0.05) is 29.3 Å². The highest BCUT2D eigenvalue weighted by atomic mass is 35.5. The van der Waals surface area contributed by atoms with E-state index in [0.717, 1.165) is 23.9 Å². The minimum atomic E-state index is -4.45. The van der Waals surface area contributed by atoms with Crippen molar-refractivity contribution in [2.45, 2.75) is 11.1 Å². The average Bonchev–Trinajstić information content (AvgIpc) is 2.47. The van der Waals surface area contributed by atoms with Crippen LogP contribution < -0.4 is 5.32 Å². The first-order valence-corrected chi connectivity index (χ1v) is 8.05. The Kier molecular flexibility index (Phi) is 5.84. The van der Waals surface area contributed by atoms with Crippen molar-refractivity contribution in [1.29, 1.82) is 0 Å². The number of nitrogens with one attached hydrogen (secondary N) is 1. The summed E-state index contributed by atoms with van der Waals surface area (Å²) >= 11 is 13.0. The average molecular weight is 380 g/mol. The van der Waals surface area contributed by atoms with Crippen LogP contribution in [0.25, 0.3) is 0 Å². The van der Waals surface area contributed by atoms with Crippen LogP contribution in [0.1, 0.15) is 5.56 Å². The van der Waals surface area contributed by atoms with Crippen LogP contribution in [0.3, 0.4) is 0 Å². The van der Waals surface area contributed by atoms with E-state index < -0.39 is 17.6 Å². The molecule has 0 aromatic heterocycles. The van der Waals surface area contributed by atoms with Crippen molar-refractivity contribution >= 4 is 46.6 Å². The van der Waals surface area contributed by atoms with Crippen molar-refractivity contribution in [2.24, 2.45) is 0 Å². The second-order valence-corrected chi connectivity index (χ2v) is 6.35. The number of hydrogen-bond donors (Lipinski definition) is 1. The van der Waals surface area contributed by atoms with Crippen LogP contribution in [0.4, 0.5) is 18.9 Å². The zero-order valence-corrected chi connectivity index (χ0v) is 13.8. The molecule has 2 aromatic carbocycles. The Bertz CT molecular complexity index is 722. The van der Waals surface area contributed by atoms with Gasteiger partial charge in [0.2, 0.25) is 5.91 Å². The molecule has 0 atom stereocenters. The van der Waals surface area contributed by atoms with Crippen molar-refractivity contribution in [3.63, 3.8) is 0 Å². The van der Waals surface area contributed by atoms with E-state index in [4.69, 9.17) is 23.2 Å². The van der Waals surface area contributed by atoms with Gasteiger partial charge in [-0.2, -0.15) is 13.2 Å². The van der Waals surface area contributed by atoms with Gasteiger partial charge < -0.3 is 5.32 Å². The quantitative estimate of drug-likeness (QED) is 0.685. The van der Waals surface area contributed by atoms with Crippen molar-refractivity contribution < 1.29 is 18.0 Å². The van der Waals surface area contributed by atoms with Crippen LogP contribution in [0.2, 0.25) is 10.0 Å². The molecule has 1 amide bonds. The topological polar surface area (TPSA) is 29.1 Å². The number of carbonyl (C=O) groups excluding carboxylic acids is 1. The van der Waals surface area contributed by atoms with E-state index in [1.54, 1.807) is 18.2 Å². The van der Waals surface area contributed by atoms with Crippen molar-refractivity contribution in [1.82, 2.24) is 0 Å². The van der Waals surface area contributed by atoms with Crippen molar-refractivity contribution in [2.75, 3.05) is 11.1 Å². The number of hydrogen-bond acceptors (Lipinski definition) is 2. The summed E-state index contributed by atoms with van der Waals surface area (Å²) in [6, 6.07) is 9.30. The fourth-order valence-corrected chi connectivity index (χ4v) is 2.99. The van der Waals surface area contributed by atoms with Crippen LogP contribution >= 0.6 is 35.0 Å². The summed E-state index contributed by atoms with van der Waals surface area (Å²) in [4.78, 5) is 12.5. The van der Waals surface area contributed by atoms with Crippen molar-refractivity contribution in [3.05, 3.63) is 58.1 Å². The Hall–Kier alpha value is -1.37. The molecule has 8 heteroatoms. The van der Waals surface area contributed by atoms with Gasteiger partial charge in [-0.3, -0.25) is 4.79 Å². The minimum Gasteiger partial charge on any atom is -0.325 e. The van der Waals surface area contributed by atoms with Gasteiger partial charge in [-0.25, -0.2) is 0 Å². The molecule has 0 aliphatic carbocycles. The third-order valence-corrected chi connectivity index (χ3v) is 4.46. The van der Waals surface area contributed by atoms with E-state index in [1.807, 2.05) is 0 Å². The Morgan fingerprint density at radius 3 is 2.57 bits per heavy atom. The summed E-state index contributed by atoms with van der Waals surface area (Å²) in [7, 11) is 0. The SMILES string of the molecule is O=C(CSc1cc(Cl)ccc1Cl)Nc1cccc(C(F)(F)F)c1. The highest BCUT2D eigenvalue weighted by Gasteiger charge is 2.30. The zero-order valence-electron chi connectivity index (χ0n) is 11.5. The van der Waals surface area contributed by atoms with E-state index in [-0.39, 0.29) is 11.4 Å². The normalized spacial score (nSPS) is 11.3. The summed E-state index contributed by atoms with van der Waals surface area (Å²) in [5, 5.41) is 3.35. The monoisotopic (exact) mass is 379 g/mol. The molecule has 0 aliphatic rings. The summed E-state index contributed by atoms with van der Waals surface area (Å²) in [6.07, 6.45) is -4.45. The molecule has 1 N–H and O–H groups in total. The molecule has 0 unspecified atom stereocenters. The van der Waals surface area contributed by atoms with Crippen LogP contribution in [0.15, 0.2) is 47.4 Å². The lowest BCUT2D eigenvalue weighted by Crippen LogP contribution is -2.15. The Balaban J connectivity index is 1.99. The van der Waals surface area contributed by atoms with Crippen molar-refractivity contribution in [3.8, 4) is 0 Å². The van der Waals surface area contributed by atoms with Gasteiger partial charge in [0.25, 0.3) is 0 Å². The molecule has 0 saturated carbocycles.